The third kappa shape index (κ3) is 3.03. The van der Waals surface area contributed by atoms with Crippen LogP contribution in [0.25, 0.3) is 0 Å². The van der Waals surface area contributed by atoms with Crippen molar-refractivity contribution >= 4 is 11.9 Å². The first-order valence-electron chi connectivity index (χ1n) is 7.03. The summed E-state index contributed by atoms with van der Waals surface area (Å²) in [5, 5.41) is 8.98. The maximum Gasteiger partial charge on any atom is 0.306 e. The third-order valence-corrected chi connectivity index (χ3v) is 4.31. The average molecular weight is 279 g/mol. The van der Waals surface area contributed by atoms with Gasteiger partial charge in [-0.05, 0) is 44.7 Å². The van der Waals surface area contributed by atoms with Crippen molar-refractivity contribution in [2.24, 2.45) is 11.8 Å². The van der Waals surface area contributed by atoms with E-state index in [-0.39, 0.29) is 23.8 Å². The molecule has 0 saturated heterocycles. The lowest BCUT2D eigenvalue weighted by Crippen LogP contribution is -2.37. The summed E-state index contributed by atoms with van der Waals surface area (Å²) in [7, 11) is 1.78. The van der Waals surface area contributed by atoms with Gasteiger partial charge in [0.25, 0.3) is 0 Å². The lowest BCUT2D eigenvalue weighted by molar-refractivity contribution is -0.146. The van der Waals surface area contributed by atoms with Crippen molar-refractivity contribution < 1.29 is 19.1 Å². The Bertz CT molecular complexity index is 460. The van der Waals surface area contributed by atoms with Gasteiger partial charge in [0.05, 0.1) is 18.2 Å². The summed E-state index contributed by atoms with van der Waals surface area (Å²) < 4.78 is 5.33. The fourth-order valence-electron chi connectivity index (χ4n) is 2.79. The molecule has 1 unspecified atom stereocenters. The van der Waals surface area contributed by atoms with E-state index in [1.165, 1.54) is 0 Å². The molecule has 1 aliphatic carbocycles. The van der Waals surface area contributed by atoms with Crippen LogP contribution in [0, 0.1) is 11.8 Å². The number of rotatable bonds is 4. The van der Waals surface area contributed by atoms with Gasteiger partial charge in [-0.1, -0.05) is 0 Å². The predicted molar refractivity (Wildman–Crippen MR) is 73.0 cm³/mol. The number of hydrogen-bond donors (Lipinski definition) is 1. The second-order valence-electron chi connectivity index (χ2n) is 5.53. The molecule has 0 aromatic carbocycles. The minimum absolute atomic E-state index is 0.0620. The summed E-state index contributed by atoms with van der Waals surface area (Å²) in [6, 6.07) is 3.56. The van der Waals surface area contributed by atoms with Gasteiger partial charge < -0.3 is 14.4 Å². The second-order valence-corrected chi connectivity index (χ2v) is 5.53. The molecule has 110 valence electrons. The van der Waals surface area contributed by atoms with Crippen LogP contribution in [0.5, 0.6) is 0 Å². The van der Waals surface area contributed by atoms with Gasteiger partial charge in [0.15, 0.2) is 0 Å². The Hall–Kier alpha value is -1.78. The molecule has 1 fully saturated rings. The van der Waals surface area contributed by atoms with Crippen LogP contribution < -0.4 is 0 Å². The second kappa shape index (κ2) is 6.11. The molecule has 1 amide bonds. The molecule has 0 spiro atoms. The Morgan fingerprint density at radius 1 is 1.30 bits per heavy atom. The molecular weight excluding hydrogens is 258 g/mol. The Morgan fingerprint density at radius 2 is 1.90 bits per heavy atom. The summed E-state index contributed by atoms with van der Waals surface area (Å²) in [6.07, 6.45) is 4.10. The van der Waals surface area contributed by atoms with Crippen LogP contribution in [-0.4, -0.2) is 28.9 Å². The first-order chi connectivity index (χ1) is 9.50. The summed E-state index contributed by atoms with van der Waals surface area (Å²) in [5.41, 5.74) is 0. The minimum Gasteiger partial charge on any atom is -0.481 e. The van der Waals surface area contributed by atoms with Crippen LogP contribution in [0.15, 0.2) is 22.8 Å². The predicted octanol–water partition coefficient (Wildman–Crippen LogP) is 2.69. The molecule has 5 nitrogen and oxygen atoms in total. The number of nitrogens with zero attached hydrogens (tertiary/aromatic N) is 1. The van der Waals surface area contributed by atoms with E-state index in [4.69, 9.17) is 9.52 Å². The molecule has 0 radical (unpaired) electrons. The molecule has 2 rings (SSSR count). The summed E-state index contributed by atoms with van der Waals surface area (Å²) in [4.78, 5) is 25.1. The molecule has 1 heterocycles. The first kappa shape index (κ1) is 14.6. The summed E-state index contributed by atoms with van der Waals surface area (Å²) >= 11 is 0. The number of carboxylic acid groups (broad SMARTS) is 1. The van der Waals surface area contributed by atoms with Crippen LogP contribution >= 0.6 is 0 Å². The van der Waals surface area contributed by atoms with Gasteiger partial charge in [0, 0.05) is 13.0 Å². The number of hydrogen-bond acceptors (Lipinski definition) is 3. The van der Waals surface area contributed by atoms with Gasteiger partial charge >= 0.3 is 5.97 Å². The van der Waals surface area contributed by atoms with E-state index < -0.39 is 5.97 Å². The van der Waals surface area contributed by atoms with E-state index in [1.807, 2.05) is 19.1 Å². The molecule has 1 aromatic rings. The van der Waals surface area contributed by atoms with Crippen LogP contribution in [0.4, 0.5) is 0 Å². The molecule has 1 N–H and O–H groups in total. The highest BCUT2D eigenvalue weighted by Gasteiger charge is 2.32. The topological polar surface area (TPSA) is 70.8 Å². The molecule has 5 heteroatoms. The van der Waals surface area contributed by atoms with E-state index in [0.717, 1.165) is 5.76 Å². The Balaban J connectivity index is 1.93. The van der Waals surface area contributed by atoms with E-state index in [2.05, 4.69) is 0 Å². The first-order valence-corrected chi connectivity index (χ1v) is 7.03. The van der Waals surface area contributed by atoms with Crippen molar-refractivity contribution in [1.82, 2.24) is 4.90 Å². The average Bonchev–Trinajstić information content (AvgIpc) is 2.99. The number of carbonyl (C=O) groups excluding carboxylic acids is 1. The Labute approximate surface area is 118 Å². The van der Waals surface area contributed by atoms with E-state index in [0.29, 0.717) is 25.7 Å². The van der Waals surface area contributed by atoms with Gasteiger partial charge in [0.1, 0.15) is 5.76 Å². The maximum absolute atomic E-state index is 12.4. The number of furan rings is 1. The highest BCUT2D eigenvalue weighted by molar-refractivity contribution is 5.79. The van der Waals surface area contributed by atoms with E-state index in [9.17, 15) is 9.59 Å². The van der Waals surface area contributed by atoms with Crippen molar-refractivity contribution in [1.29, 1.82) is 0 Å². The quantitative estimate of drug-likeness (QED) is 0.919. The van der Waals surface area contributed by atoms with E-state index >= 15 is 0 Å². The molecular formula is C15H21NO4. The zero-order chi connectivity index (χ0) is 14.7. The molecule has 0 aliphatic heterocycles. The van der Waals surface area contributed by atoms with Gasteiger partial charge in [-0.2, -0.15) is 0 Å². The number of amides is 1. The van der Waals surface area contributed by atoms with E-state index in [1.54, 1.807) is 18.2 Å². The molecule has 1 aromatic heterocycles. The van der Waals surface area contributed by atoms with Crippen LogP contribution in [0.2, 0.25) is 0 Å². The highest BCUT2D eigenvalue weighted by atomic mass is 16.4. The SMILES string of the molecule is CC(c1ccco1)N(C)C(=O)C1CCC(C(=O)O)CC1. The molecule has 0 bridgehead atoms. The van der Waals surface area contributed by atoms with Gasteiger partial charge in [-0.25, -0.2) is 0 Å². The summed E-state index contributed by atoms with van der Waals surface area (Å²) in [5.74, 6) is -0.245. The van der Waals surface area contributed by atoms with Gasteiger partial charge in [-0.3, -0.25) is 9.59 Å². The maximum atomic E-state index is 12.4. The monoisotopic (exact) mass is 279 g/mol. The normalized spacial score (nSPS) is 24.1. The van der Waals surface area contributed by atoms with Crippen LogP contribution in [0.3, 0.4) is 0 Å². The van der Waals surface area contributed by atoms with Crippen molar-refractivity contribution in [2.45, 2.75) is 38.6 Å². The minimum atomic E-state index is -0.742. The van der Waals surface area contributed by atoms with Crippen molar-refractivity contribution in [2.75, 3.05) is 7.05 Å². The number of carboxylic acids is 1. The zero-order valence-electron chi connectivity index (χ0n) is 11.9. The van der Waals surface area contributed by atoms with Crippen molar-refractivity contribution in [3.8, 4) is 0 Å². The molecule has 1 aliphatic rings. The fraction of sp³-hybridized carbons (Fsp3) is 0.600. The third-order valence-electron chi connectivity index (χ3n) is 4.31. The highest BCUT2D eigenvalue weighted by Crippen LogP contribution is 2.31. The van der Waals surface area contributed by atoms with Crippen LogP contribution in [-0.2, 0) is 9.59 Å². The lowest BCUT2D eigenvalue weighted by Gasteiger charge is -2.31. The Morgan fingerprint density at radius 3 is 2.40 bits per heavy atom. The summed E-state index contributed by atoms with van der Waals surface area (Å²) in [6.45, 7) is 1.93. The number of aliphatic carboxylic acids is 1. The fourth-order valence-corrected chi connectivity index (χ4v) is 2.79. The largest absolute Gasteiger partial charge is 0.481 e. The lowest BCUT2D eigenvalue weighted by atomic mass is 9.81. The van der Waals surface area contributed by atoms with Crippen molar-refractivity contribution in [3.05, 3.63) is 24.2 Å². The zero-order valence-corrected chi connectivity index (χ0v) is 11.9. The van der Waals surface area contributed by atoms with Crippen molar-refractivity contribution in [3.63, 3.8) is 0 Å². The Kier molecular flexibility index (Phi) is 4.47. The number of carbonyl (C=O) groups is 2. The molecule has 1 saturated carbocycles. The standard InChI is InChI=1S/C15H21NO4/c1-10(13-4-3-9-20-13)16(2)14(17)11-5-7-12(8-6-11)15(18)19/h3-4,9-12H,5-8H2,1-2H3,(H,18,19). The van der Waals surface area contributed by atoms with Gasteiger partial charge in [-0.15, -0.1) is 0 Å². The molecule has 20 heavy (non-hydrogen) atoms. The van der Waals surface area contributed by atoms with Crippen LogP contribution in [0.1, 0.15) is 44.4 Å². The van der Waals surface area contributed by atoms with Gasteiger partial charge in [0.2, 0.25) is 5.91 Å². The smallest absolute Gasteiger partial charge is 0.306 e. The molecule has 1 atom stereocenters.